The molecule has 0 saturated heterocycles. The van der Waals surface area contributed by atoms with E-state index in [-0.39, 0.29) is 5.41 Å². The summed E-state index contributed by atoms with van der Waals surface area (Å²) in [6, 6.07) is 2.47. The molecule has 0 unspecified atom stereocenters. The Morgan fingerprint density at radius 2 is 2.31 bits per heavy atom. The molecule has 1 aromatic rings. The number of halogens is 1. The molecule has 0 spiro atoms. The standard InChI is InChI=1S/C10H10BrNS/c1-7-5-13-9(8(7)11)10(6-12)3-2-4-10/h5H,2-4H2,1H3. The fraction of sp³-hybridized carbons (Fsp3) is 0.500. The summed E-state index contributed by atoms with van der Waals surface area (Å²) in [5, 5.41) is 11.3. The zero-order valence-electron chi connectivity index (χ0n) is 7.43. The van der Waals surface area contributed by atoms with Crippen LogP contribution in [0.25, 0.3) is 0 Å². The summed E-state index contributed by atoms with van der Waals surface area (Å²) in [6.45, 7) is 2.08. The number of nitriles is 1. The first kappa shape index (κ1) is 9.23. The van der Waals surface area contributed by atoms with E-state index in [0.717, 1.165) is 17.3 Å². The molecule has 1 saturated carbocycles. The molecule has 13 heavy (non-hydrogen) atoms. The summed E-state index contributed by atoms with van der Waals surface area (Å²) in [5.74, 6) is 0. The fourth-order valence-electron chi connectivity index (χ4n) is 1.67. The third-order valence-corrected chi connectivity index (χ3v) is 5.34. The lowest BCUT2D eigenvalue weighted by Crippen LogP contribution is -2.31. The van der Waals surface area contributed by atoms with Crippen LogP contribution in [0.3, 0.4) is 0 Å². The first-order chi connectivity index (χ1) is 6.19. The lowest BCUT2D eigenvalue weighted by Gasteiger charge is -2.34. The molecule has 3 heteroatoms. The van der Waals surface area contributed by atoms with Gasteiger partial charge in [0.1, 0.15) is 0 Å². The molecule has 0 aromatic carbocycles. The maximum absolute atomic E-state index is 9.16. The van der Waals surface area contributed by atoms with E-state index < -0.39 is 0 Å². The van der Waals surface area contributed by atoms with Gasteiger partial charge >= 0.3 is 0 Å². The van der Waals surface area contributed by atoms with Crippen molar-refractivity contribution < 1.29 is 0 Å². The van der Waals surface area contributed by atoms with E-state index in [1.54, 1.807) is 11.3 Å². The average Bonchev–Trinajstić information content (AvgIpc) is 2.35. The van der Waals surface area contributed by atoms with Gasteiger partial charge in [-0.2, -0.15) is 5.26 Å². The van der Waals surface area contributed by atoms with Gasteiger partial charge in [-0.15, -0.1) is 11.3 Å². The molecule has 0 N–H and O–H groups in total. The van der Waals surface area contributed by atoms with Crippen molar-refractivity contribution in [3.63, 3.8) is 0 Å². The normalized spacial score (nSPS) is 19.2. The average molecular weight is 256 g/mol. The molecule has 0 amide bonds. The van der Waals surface area contributed by atoms with Gasteiger partial charge in [-0.25, -0.2) is 0 Å². The SMILES string of the molecule is Cc1csc(C2(C#N)CCC2)c1Br. The minimum absolute atomic E-state index is 0.155. The third kappa shape index (κ3) is 1.24. The minimum atomic E-state index is -0.155. The number of thiophene rings is 1. The van der Waals surface area contributed by atoms with Gasteiger partial charge in [0.25, 0.3) is 0 Å². The molecule has 0 atom stereocenters. The Bertz CT molecular complexity index is 371. The van der Waals surface area contributed by atoms with Crippen LogP contribution in [0.5, 0.6) is 0 Å². The van der Waals surface area contributed by atoms with E-state index in [1.165, 1.54) is 16.9 Å². The van der Waals surface area contributed by atoms with Gasteiger partial charge in [0.15, 0.2) is 0 Å². The lowest BCUT2D eigenvalue weighted by molar-refractivity contribution is 0.329. The molecule has 68 valence electrons. The number of rotatable bonds is 1. The van der Waals surface area contributed by atoms with Crippen LogP contribution in [-0.4, -0.2) is 0 Å². The van der Waals surface area contributed by atoms with Crippen LogP contribution < -0.4 is 0 Å². The van der Waals surface area contributed by atoms with Gasteiger partial charge in [-0.1, -0.05) is 0 Å². The van der Waals surface area contributed by atoms with Crippen LogP contribution in [0.4, 0.5) is 0 Å². The Morgan fingerprint density at radius 1 is 1.62 bits per heavy atom. The van der Waals surface area contributed by atoms with Crippen molar-refractivity contribution in [2.24, 2.45) is 0 Å². The Kier molecular flexibility index (Phi) is 2.21. The predicted octanol–water partition coefficient (Wildman–Crippen LogP) is 3.76. The zero-order valence-corrected chi connectivity index (χ0v) is 9.83. The van der Waals surface area contributed by atoms with E-state index in [4.69, 9.17) is 5.26 Å². The van der Waals surface area contributed by atoms with Gasteiger partial charge < -0.3 is 0 Å². The van der Waals surface area contributed by atoms with Crippen molar-refractivity contribution in [1.29, 1.82) is 5.26 Å². The van der Waals surface area contributed by atoms with Crippen LogP contribution in [0, 0.1) is 18.3 Å². The molecule has 0 aliphatic heterocycles. The second-order valence-corrected chi connectivity index (χ2v) is 5.28. The first-order valence-electron chi connectivity index (χ1n) is 4.35. The Balaban J connectivity index is 2.46. The molecule has 1 fully saturated rings. The summed E-state index contributed by atoms with van der Waals surface area (Å²) >= 11 is 5.27. The largest absolute Gasteiger partial charge is 0.197 e. The molecule has 1 heterocycles. The van der Waals surface area contributed by atoms with Crippen molar-refractivity contribution in [1.82, 2.24) is 0 Å². The fourth-order valence-corrected chi connectivity index (χ4v) is 3.75. The van der Waals surface area contributed by atoms with Crippen LogP contribution in [-0.2, 0) is 5.41 Å². The van der Waals surface area contributed by atoms with Crippen LogP contribution >= 0.6 is 27.3 Å². The monoisotopic (exact) mass is 255 g/mol. The second-order valence-electron chi connectivity index (χ2n) is 3.61. The predicted molar refractivity (Wildman–Crippen MR) is 57.9 cm³/mol. The quantitative estimate of drug-likeness (QED) is 0.750. The Hall–Kier alpha value is -0.330. The van der Waals surface area contributed by atoms with E-state index in [1.807, 2.05) is 0 Å². The highest BCUT2D eigenvalue weighted by Crippen LogP contribution is 2.48. The van der Waals surface area contributed by atoms with Gasteiger partial charge in [-0.05, 0) is 53.1 Å². The Labute approximate surface area is 90.5 Å². The van der Waals surface area contributed by atoms with E-state index in [2.05, 4.69) is 34.3 Å². The summed E-state index contributed by atoms with van der Waals surface area (Å²) in [5.41, 5.74) is 1.10. The topological polar surface area (TPSA) is 23.8 Å². The molecule has 1 aliphatic rings. The summed E-state index contributed by atoms with van der Waals surface area (Å²) < 4.78 is 1.15. The van der Waals surface area contributed by atoms with Crippen molar-refractivity contribution in [3.8, 4) is 6.07 Å². The van der Waals surface area contributed by atoms with Crippen molar-refractivity contribution >= 4 is 27.3 Å². The van der Waals surface area contributed by atoms with E-state index in [0.29, 0.717) is 0 Å². The Morgan fingerprint density at radius 3 is 2.62 bits per heavy atom. The molecular formula is C10H10BrNS. The van der Waals surface area contributed by atoms with Gasteiger partial charge in [0.2, 0.25) is 0 Å². The van der Waals surface area contributed by atoms with Gasteiger partial charge in [0, 0.05) is 9.35 Å². The highest BCUT2D eigenvalue weighted by atomic mass is 79.9. The number of hydrogen-bond acceptors (Lipinski definition) is 2. The number of hydrogen-bond donors (Lipinski definition) is 0. The summed E-state index contributed by atoms with van der Waals surface area (Å²) in [6.07, 6.45) is 3.25. The third-order valence-electron chi connectivity index (χ3n) is 2.75. The molecule has 2 rings (SSSR count). The molecular weight excluding hydrogens is 246 g/mol. The second kappa shape index (κ2) is 3.11. The smallest absolute Gasteiger partial charge is 0.0926 e. The van der Waals surface area contributed by atoms with E-state index in [9.17, 15) is 0 Å². The number of aryl methyl sites for hydroxylation is 1. The van der Waals surface area contributed by atoms with Gasteiger partial charge in [0.05, 0.1) is 11.5 Å². The molecule has 0 radical (unpaired) electrons. The minimum Gasteiger partial charge on any atom is -0.197 e. The molecule has 1 aliphatic carbocycles. The van der Waals surface area contributed by atoms with Crippen LogP contribution in [0.2, 0.25) is 0 Å². The highest BCUT2D eigenvalue weighted by molar-refractivity contribution is 9.10. The summed E-state index contributed by atoms with van der Waals surface area (Å²) in [4.78, 5) is 1.23. The van der Waals surface area contributed by atoms with E-state index >= 15 is 0 Å². The zero-order chi connectivity index (χ0) is 9.47. The number of nitrogens with zero attached hydrogens (tertiary/aromatic N) is 1. The molecule has 0 bridgehead atoms. The highest BCUT2D eigenvalue weighted by Gasteiger charge is 2.41. The van der Waals surface area contributed by atoms with Crippen molar-refractivity contribution in [2.75, 3.05) is 0 Å². The van der Waals surface area contributed by atoms with Crippen LogP contribution in [0.1, 0.15) is 29.7 Å². The maximum Gasteiger partial charge on any atom is 0.0926 e. The molecule has 1 aromatic heterocycles. The maximum atomic E-state index is 9.16. The van der Waals surface area contributed by atoms with Gasteiger partial charge in [-0.3, -0.25) is 0 Å². The van der Waals surface area contributed by atoms with Crippen LogP contribution in [0.15, 0.2) is 9.85 Å². The first-order valence-corrected chi connectivity index (χ1v) is 6.02. The summed E-state index contributed by atoms with van der Waals surface area (Å²) in [7, 11) is 0. The van der Waals surface area contributed by atoms with Crippen molar-refractivity contribution in [2.45, 2.75) is 31.6 Å². The van der Waals surface area contributed by atoms with Crippen molar-refractivity contribution in [3.05, 3.63) is 20.3 Å². The molecule has 1 nitrogen and oxygen atoms in total. The lowest BCUT2D eigenvalue weighted by atomic mass is 9.69.